The first-order chi connectivity index (χ1) is 7.36. The Morgan fingerprint density at radius 3 is 3.20 bits per heavy atom. The van der Waals surface area contributed by atoms with Gasteiger partial charge in [0.15, 0.2) is 0 Å². The average Bonchev–Trinajstić information content (AvgIpc) is 2.27. The molecule has 0 aliphatic carbocycles. The molecular weight excluding hydrogens is 190 g/mol. The van der Waals surface area contributed by atoms with Crippen LogP contribution in [0, 0.1) is 0 Å². The smallest absolute Gasteiger partial charge is 0.0626 e. The van der Waals surface area contributed by atoms with Crippen LogP contribution >= 0.6 is 0 Å². The minimum Gasteiger partial charge on any atom is -0.394 e. The van der Waals surface area contributed by atoms with Gasteiger partial charge in [0, 0.05) is 19.0 Å². The molecule has 0 aliphatic heterocycles. The van der Waals surface area contributed by atoms with Gasteiger partial charge in [0.2, 0.25) is 0 Å². The second kappa shape index (κ2) is 7.09. The summed E-state index contributed by atoms with van der Waals surface area (Å²) in [6.07, 6.45) is 3.53. The molecule has 1 aromatic rings. The second-order valence-electron chi connectivity index (χ2n) is 3.12. The molecule has 4 nitrogen and oxygen atoms in total. The molecule has 0 bridgehead atoms. The van der Waals surface area contributed by atoms with Gasteiger partial charge in [-0.25, -0.2) is 0 Å². The molecule has 0 amide bonds. The van der Waals surface area contributed by atoms with Gasteiger partial charge in [-0.15, -0.1) is 0 Å². The molecule has 15 heavy (non-hydrogen) atoms. The maximum Gasteiger partial charge on any atom is 0.0626 e. The molecule has 0 spiro atoms. The van der Waals surface area contributed by atoms with E-state index in [2.05, 4.69) is 22.2 Å². The van der Waals surface area contributed by atoms with Gasteiger partial charge in [-0.3, -0.25) is 9.98 Å². The van der Waals surface area contributed by atoms with Gasteiger partial charge in [-0.2, -0.15) is 0 Å². The van der Waals surface area contributed by atoms with Crippen molar-refractivity contribution < 1.29 is 5.11 Å². The fourth-order valence-corrected chi connectivity index (χ4v) is 1.15. The van der Waals surface area contributed by atoms with Crippen LogP contribution in [-0.4, -0.2) is 36.0 Å². The summed E-state index contributed by atoms with van der Waals surface area (Å²) >= 11 is 0. The Morgan fingerprint density at radius 1 is 1.60 bits per heavy atom. The summed E-state index contributed by atoms with van der Waals surface area (Å²) in [5.74, 6) is 0. The number of aliphatic imine (C=N–C) groups is 1. The predicted octanol–water partition coefficient (Wildman–Crippen LogP) is 0.602. The molecule has 0 aliphatic rings. The van der Waals surface area contributed by atoms with Crippen LogP contribution in [0.2, 0.25) is 0 Å². The molecule has 2 N–H and O–H groups in total. The van der Waals surface area contributed by atoms with Crippen LogP contribution in [0.4, 0.5) is 0 Å². The zero-order valence-corrected chi connectivity index (χ0v) is 8.98. The number of hydrogen-bond acceptors (Lipinski definition) is 4. The molecule has 0 atom stereocenters. The molecule has 0 radical (unpaired) electrons. The van der Waals surface area contributed by atoms with Crippen LogP contribution in [-0.2, 0) is 6.54 Å². The predicted molar refractivity (Wildman–Crippen MR) is 61.2 cm³/mol. The Morgan fingerprint density at radius 2 is 2.47 bits per heavy atom. The van der Waals surface area contributed by atoms with Crippen molar-refractivity contribution in [3.05, 3.63) is 29.6 Å². The molecular formula is C11H17N3O. The highest BCUT2D eigenvalue weighted by molar-refractivity contribution is 5.79. The van der Waals surface area contributed by atoms with Gasteiger partial charge in [-0.1, -0.05) is 6.92 Å². The molecule has 4 heteroatoms. The molecule has 0 fully saturated rings. The highest BCUT2D eigenvalue weighted by Gasteiger charge is 1.94. The average molecular weight is 207 g/mol. The van der Waals surface area contributed by atoms with Crippen LogP contribution in [0.25, 0.3) is 0 Å². The quantitative estimate of drug-likeness (QED) is 0.672. The lowest BCUT2D eigenvalue weighted by molar-refractivity contribution is 0.307. The number of nitrogens with zero attached hydrogens (tertiary/aromatic N) is 2. The third-order valence-electron chi connectivity index (χ3n) is 1.87. The Labute approximate surface area is 90.1 Å². The van der Waals surface area contributed by atoms with E-state index in [1.165, 1.54) is 0 Å². The summed E-state index contributed by atoms with van der Waals surface area (Å²) in [6, 6.07) is 3.89. The number of aliphatic hydroxyl groups is 1. The van der Waals surface area contributed by atoms with Crippen molar-refractivity contribution in [3.8, 4) is 0 Å². The third kappa shape index (κ3) is 4.67. The van der Waals surface area contributed by atoms with Crippen molar-refractivity contribution in [2.75, 3.05) is 19.7 Å². The van der Waals surface area contributed by atoms with Crippen molar-refractivity contribution in [1.29, 1.82) is 0 Å². The summed E-state index contributed by atoms with van der Waals surface area (Å²) in [4.78, 5) is 8.29. The van der Waals surface area contributed by atoms with Gasteiger partial charge < -0.3 is 10.4 Å². The SMILES string of the molecule is CCNCc1cc(/C=N/CCO)ccn1. The molecule has 1 aromatic heterocycles. The van der Waals surface area contributed by atoms with E-state index in [4.69, 9.17) is 5.11 Å². The van der Waals surface area contributed by atoms with E-state index in [1.54, 1.807) is 12.4 Å². The lowest BCUT2D eigenvalue weighted by Gasteiger charge is -2.01. The van der Waals surface area contributed by atoms with E-state index in [0.717, 1.165) is 24.3 Å². The number of pyridine rings is 1. The van der Waals surface area contributed by atoms with Gasteiger partial charge in [0.05, 0.1) is 18.8 Å². The molecule has 0 saturated heterocycles. The van der Waals surface area contributed by atoms with Gasteiger partial charge in [0.1, 0.15) is 0 Å². The van der Waals surface area contributed by atoms with Gasteiger partial charge >= 0.3 is 0 Å². The highest BCUT2D eigenvalue weighted by atomic mass is 16.3. The summed E-state index contributed by atoms with van der Waals surface area (Å²) in [6.45, 7) is 4.31. The summed E-state index contributed by atoms with van der Waals surface area (Å²) in [7, 11) is 0. The number of rotatable bonds is 6. The zero-order valence-electron chi connectivity index (χ0n) is 8.98. The van der Waals surface area contributed by atoms with Crippen LogP contribution in [0.3, 0.4) is 0 Å². The van der Waals surface area contributed by atoms with E-state index >= 15 is 0 Å². The van der Waals surface area contributed by atoms with E-state index in [9.17, 15) is 0 Å². The fraction of sp³-hybridized carbons (Fsp3) is 0.455. The van der Waals surface area contributed by atoms with Crippen molar-refractivity contribution in [2.24, 2.45) is 4.99 Å². The van der Waals surface area contributed by atoms with Crippen LogP contribution < -0.4 is 5.32 Å². The summed E-state index contributed by atoms with van der Waals surface area (Å²) in [5.41, 5.74) is 2.02. The first-order valence-electron chi connectivity index (χ1n) is 5.13. The number of hydrogen-bond donors (Lipinski definition) is 2. The minimum atomic E-state index is 0.0891. The molecule has 0 unspecified atom stereocenters. The first kappa shape index (κ1) is 11.8. The number of nitrogens with one attached hydrogen (secondary N) is 1. The van der Waals surface area contributed by atoms with Crippen LogP contribution in [0.5, 0.6) is 0 Å². The maximum atomic E-state index is 8.58. The van der Waals surface area contributed by atoms with Crippen molar-refractivity contribution in [3.63, 3.8) is 0 Å². The molecule has 1 rings (SSSR count). The standard InChI is InChI=1S/C11H17N3O/c1-2-12-9-11-7-10(3-4-14-11)8-13-5-6-15/h3-4,7-8,12,15H,2,5-6,9H2,1H3/b13-8+. The largest absolute Gasteiger partial charge is 0.394 e. The number of aromatic nitrogens is 1. The molecule has 82 valence electrons. The Bertz CT molecular complexity index is 312. The minimum absolute atomic E-state index is 0.0891. The van der Waals surface area contributed by atoms with E-state index in [0.29, 0.717) is 6.54 Å². The van der Waals surface area contributed by atoms with E-state index in [1.807, 2.05) is 12.1 Å². The lowest BCUT2D eigenvalue weighted by Crippen LogP contribution is -2.12. The normalized spacial score (nSPS) is 11.1. The maximum absolute atomic E-state index is 8.58. The van der Waals surface area contributed by atoms with Crippen molar-refractivity contribution >= 4 is 6.21 Å². The highest BCUT2D eigenvalue weighted by Crippen LogP contribution is 1.99. The van der Waals surface area contributed by atoms with Crippen molar-refractivity contribution in [1.82, 2.24) is 10.3 Å². The Hall–Kier alpha value is -1.26. The monoisotopic (exact) mass is 207 g/mol. The Kier molecular flexibility index (Phi) is 5.58. The van der Waals surface area contributed by atoms with Crippen molar-refractivity contribution in [2.45, 2.75) is 13.5 Å². The first-order valence-corrected chi connectivity index (χ1v) is 5.13. The van der Waals surface area contributed by atoms with E-state index in [-0.39, 0.29) is 6.61 Å². The lowest BCUT2D eigenvalue weighted by atomic mass is 10.2. The topological polar surface area (TPSA) is 57.5 Å². The summed E-state index contributed by atoms with van der Waals surface area (Å²) in [5, 5.41) is 11.8. The summed E-state index contributed by atoms with van der Waals surface area (Å²) < 4.78 is 0. The third-order valence-corrected chi connectivity index (χ3v) is 1.87. The molecule has 0 aromatic carbocycles. The second-order valence-corrected chi connectivity index (χ2v) is 3.12. The Balaban J connectivity index is 2.57. The van der Waals surface area contributed by atoms with E-state index < -0.39 is 0 Å². The van der Waals surface area contributed by atoms with Crippen LogP contribution in [0.15, 0.2) is 23.3 Å². The molecule has 1 heterocycles. The zero-order chi connectivity index (χ0) is 10.9. The number of aliphatic hydroxyl groups excluding tert-OH is 1. The molecule has 0 saturated carbocycles. The van der Waals surface area contributed by atoms with Gasteiger partial charge in [0.25, 0.3) is 0 Å². The van der Waals surface area contributed by atoms with Crippen LogP contribution in [0.1, 0.15) is 18.2 Å². The van der Waals surface area contributed by atoms with Gasteiger partial charge in [-0.05, 0) is 24.2 Å². The fourth-order valence-electron chi connectivity index (χ4n) is 1.15.